The third kappa shape index (κ3) is 3.84. The minimum absolute atomic E-state index is 0.0106. The second-order valence-electron chi connectivity index (χ2n) is 5.51. The number of aliphatic carboxylic acids is 1. The van der Waals surface area contributed by atoms with Gasteiger partial charge in [-0.2, -0.15) is 0 Å². The largest absolute Gasteiger partial charge is 0.481 e. The van der Waals surface area contributed by atoms with Crippen molar-refractivity contribution >= 4 is 21.9 Å². The van der Waals surface area contributed by atoms with Crippen molar-refractivity contribution in [3.8, 4) is 0 Å². The second-order valence-corrected chi connectivity index (χ2v) is 6.43. The average molecular weight is 357 g/mol. The number of aliphatic hydroxyl groups is 1. The van der Waals surface area contributed by atoms with Crippen LogP contribution in [0, 0.1) is 11.8 Å². The number of carboxylic acids is 1. The Labute approximate surface area is 133 Å². The highest BCUT2D eigenvalue weighted by atomic mass is 79.9. The van der Waals surface area contributed by atoms with Crippen molar-refractivity contribution in [3.05, 3.63) is 34.3 Å². The van der Waals surface area contributed by atoms with Crippen LogP contribution in [-0.2, 0) is 9.53 Å². The quantitative estimate of drug-likeness (QED) is 0.850. The highest BCUT2D eigenvalue weighted by molar-refractivity contribution is 9.10. The molecular weight excluding hydrogens is 336 g/mol. The molecule has 0 bridgehead atoms. The molecule has 1 fully saturated rings. The van der Waals surface area contributed by atoms with Crippen LogP contribution in [0.1, 0.15) is 31.2 Å². The van der Waals surface area contributed by atoms with E-state index in [1.165, 1.54) is 0 Å². The Bertz CT molecular complexity index is 474. The molecular formula is C16H21BrO4. The Morgan fingerprint density at radius 2 is 2.00 bits per heavy atom. The molecule has 1 aromatic rings. The molecule has 1 aliphatic rings. The standard InChI is InChI=1S/C16H21BrO4/c1-2-21-13-7-11(9-18)15(16(19)20)14(8-13)10-3-5-12(17)6-4-10/h3-6,11,13-15,18H,2,7-9H2,1H3,(H,19,20)/t11-,13-,14+,15-/m0/s1. The first kappa shape index (κ1) is 16.5. The van der Waals surface area contributed by atoms with Crippen molar-refractivity contribution in [3.63, 3.8) is 0 Å². The van der Waals surface area contributed by atoms with Gasteiger partial charge >= 0.3 is 5.97 Å². The zero-order valence-corrected chi connectivity index (χ0v) is 13.6. The van der Waals surface area contributed by atoms with Crippen LogP contribution in [0.25, 0.3) is 0 Å². The summed E-state index contributed by atoms with van der Waals surface area (Å²) >= 11 is 3.39. The highest BCUT2D eigenvalue weighted by Crippen LogP contribution is 2.42. The molecule has 4 nitrogen and oxygen atoms in total. The fourth-order valence-electron chi connectivity index (χ4n) is 3.33. The zero-order valence-electron chi connectivity index (χ0n) is 12.0. The van der Waals surface area contributed by atoms with Crippen LogP contribution in [0.2, 0.25) is 0 Å². The third-order valence-electron chi connectivity index (χ3n) is 4.24. The molecule has 0 unspecified atom stereocenters. The second kappa shape index (κ2) is 7.38. The summed E-state index contributed by atoms with van der Waals surface area (Å²) in [6, 6.07) is 7.75. The maximum atomic E-state index is 11.7. The van der Waals surface area contributed by atoms with Gasteiger partial charge in [-0.15, -0.1) is 0 Å². The summed E-state index contributed by atoms with van der Waals surface area (Å²) in [4.78, 5) is 11.7. The molecule has 0 spiro atoms. The molecule has 5 heteroatoms. The van der Waals surface area contributed by atoms with Crippen molar-refractivity contribution < 1.29 is 19.7 Å². The summed E-state index contributed by atoms with van der Waals surface area (Å²) in [5, 5.41) is 19.2. The molecule has 0 radical (unpaired) electrons. The van der Waals surface area contributed by atoms with Crippen molar-refractivity contribution in [1.82, 2.24) is 0 Å². The summed E-state index contributed by atoms with van der Waals surface area (Å²) in [7, 11) is 0. The van der Waals surface area contributed by atoms with Crippen molar-refractivity contribution in [1.29, 1.82) is 0 Å². The van der Waals surface area contributed by atoms with E-state index in [1.807, 2.05) is 31.2 Å². The minimum atomic E-state index is -0.836. The van der Waals surface area contributed by atoms with E-state index in [0.29, 0.717) is 19.4 Å². The smallest absolute Gasteiger partial charge is 0.307 e. The fourth-order valence-corrected chi connectivity index (χ4v) is 3.59. The maximum Gasteiger partial charge on any atom is 0.307 e. The zero-order chi connectivity index (χ0) is 15.4. The number of hydrogen-bond donors (Lipinski definition) is 2. The summed E-state index contributed by atoms with van der Waals surface area (Å²) < 4.78 is 6.67. The Morgan fingerprint density at radius 3 is 2.52 bits per heavy atom. The topological polar surface area (TPSA) is 66.8 Å². The van der Waals surface area contributed by atoms with E-state index in [0.717, 1.165) is 10.0 Å². The third-order valence-corrected chi connectivity index (χ3v) is 4.77. The lowest BCUT2D eigenvalue weighted by Crippen LogP contribution is -2.41. The number of benzene rings is 1. The Kier molecular flexibility index (Phi) is 5.79. The van der Waals surface area contributed by atoms with Crippen molar-refractivity contribution in [2.75, 3.05) is 13.2 Å². The Morgan fingerprint density at radius 1 is 1.33 bits per heavy atom. The molecule has 0 amide bonds. The predicted molar refractivity (Wildman–Crippen MR) is 83.2 cm³/mol. The van der Waals surface area contributed by atoms with E-state index in [-0.39, 0.29) is 24.5 Å². The van der Waals surface area contributed by atoms with Crippen molar-refractivity contribution in [2.24, 2.45) is 11.8 Å². The summed E-state index contributed by atoms with van der Waals surface area (Å²) in [6.45, 7) is 2.42. The van der Waals surface area contributed by atoms with Gasteiger partial charge in [-0.3, -0.25) is 4.79 Å². The van der Waals surface area contributed by atoms with Gasteiger partial charge in [-0.25, -0.2) is 0 Å². The normalized spacial score (nSPS) is 29.3. The SMILES string of the molecule is CCO[C@H]1C[C@@H](CO)[C@H](C(=O)O)[C@@H](c2ccc(Br)cc2)C1. The predicted octanol–water partition coefficient (Wildman–Crippen LogP) is 3.04. The number of carboxylic acid groups (broad SMARTS) is 1. The molecule has 0 aliphatic heterocycles. The van der Waals surface area contributed by atoms with E-state index in [9.17, 15) is 15.0 Å². The van der Waals surface area contributed by atoms with Crippen LogP contribution >= 0.6 is 15.9 Å². The van der Waals surface area contributed by atoms with Crippen LogP contribution in [0.4, 0.5) is 0 Å². The molecule has 0 aromatic heterocycles. The average Bonchev–Trinajstić information content (AvgIpc) is 2.47. The van der Waals surface area contributed by atoms with Crippen LogP contribution in [-0.4, -0.2) is 35.5 Å². The molecule has 4 atom stereocenters. The Balaban J connectivity index is 2.31. The fraction of sp³-hybridized carbons (Fsp3) is 0.562. The van der Waals surface area contributed by atoms with Gasteiger partial charge in [-0.1, -0.05) is 28.1 Å². The van der Waals surface area contributed by atoms with E-state index in [4.69, 9.17) is 4.74 Å². The number of hydrogen-bond acceptors (Lipinski definition) is 3. The molecule has 1 aromatic carbocycles. The molecule has 21 heavy (non-hydrogen) atoms. The molecule has 2 N–H and O–H groups in total. The number of ether oxygens (including phenoxy) is 1. The lowest BCUT2D eigenvalue weighted by Gasteiger charge is -2.39. The monoisotopic (exact) mass is 356 g/mol. The molecule has 2 rings (SSSR count). The van der Waals surface area contributed by atoms with Gasteiger partial charge < -0.3 is 14.9 Å². The van der Waals surface area contributed by atoms with E-state index in [2.05, 4.69) is 15.9 Å². The summed E-state index contributed by atoms with van der Waals surface area (Å²) in [5.41, 5.74) is 0.994. The van der Waals surface area contributed by atoms with Crippen LogP contribution in [0.3, 0.4) is 0 Å². The lowest BCUT2D eigenvalue weighted by atomic mass is 9.68. The number of halogens is 1. The van der Waals surface area contributed by atoms with Gasteiger partial charge in [-0.05, 0) is 49.3 Å². The molecule has 116 valence electrons. The number of rotatable bonds is 5. The summed E-state index contributed by atoms with van der Waals surface area (Å²) in [6.07, 6.45) is 1.30. The first-order chi connectivity index (χ1) is 10.1. The summed E-state index contributed by atoms with van der Waals surface area (Å²) in [5.74, 6) is -1.79. The van der Waals surface area contributed by atoms with Crippen LogP contribution in [0.15, 0.2) is 28.7 Å². The van der Waals surface area contributed by atoms with Gasteiger partial charge in [0.1, 0.15) is 0 Å². The first-order valence-corrected chi connectivity index (χ1v) is 8.06. The number of aliphatic hydroxyl groups excluding tert-OH is 1. The van der Waals surface area contributed by atoms with Gasteiger partial charge in [0.25, 0.3) is 0 Å². The van der Waals surface area contributed by atoms with Gasteiger partial charge in [0.2, 0.25) is 0 Å². The first-order valence-electron chi connectivity index (χ1n) is 7.27. The molecule has 0 saturated heterocycles. The van der Waals surface area contributed by atoms with E-state index >= 15 is 0 Å². The van der Waals surface area contributed by atoms with E-state index < -0.39 is 11.9 Å². The van der Waals surface area contributed by atoms with Gasteiger partial charge in [0, 0.05) is 17.7 Å². The molecule has 1 aliphatic carbocycles. The Hall–Kier alpha value is -0.910. The van der Waals surface area contributed by atoms with Crippen LogP contribution in [0.5, 0.6) is 0 Å². The van der Waals surface area contributed by atoms with Crippen LogP contribution < -0.4 is 0 Å². The van der Waals surface area contributed by atoms with E-state index in [1.54, 1.807) is 0 Å². The van der Waals surface area contributed by atoms with Gasteiger partial charge in [0.05, 0.1) is 12.0 Å². The van der Waals surface area contributed by atoms with Gasteiger partial charge in [0.15, 0.2) is 0 Å². The number of carbonyl (C=O) groups is 1. The molecule has 0 heterocycles. The molecule has 1 saturated carbocycles. The lowest BCUT2D eigenvalue weighted by molar-refractivity contribution is -0.149. The maximum absolute atomic E-state index is 11.7. The highest BCUT2D eigenvalue weighted by Gasteiger charge is 2.42. The minimum Gasteiger partial charge on any atom is -0.481 e. The van der Waals surface area contributed by atoms with Crippen molar-refractivity contribution in [2.45, 2.75) is 31.8 Å².